The second kappa shape index (κ2) is 5.38. The lowest BCUT2D eigenvalue weighted by atomic mass is 10.2. The summed E-state index contributed by atoms with van der Waals surface area (Å²) in [6.45, 7) is 0.780. The lowest BCUT2D eigenvalue weighted by molar-refractivity contribution is -0.140. The Hall–Kier alpha value is -2.27. The fourth-order valence-corrected chi connectivity index (χ4v) is 2.28. The normalized spacial score (nSPS) is 18.1. The van der Waals surface area contributed by atoms with Gasteiger partial charge in [-0.1, -0.05) is 24.3 Å². The van der Waals surface area contributed by atoms with Crippen molar-refractivity contribution in [3.63, 3.8) is 0 Å². The summed E-state index contributed by atoms with van der Waals surface area (Å²) < 4.78 is 4.87. The number of fused-ring (bicyclic) bond motifs is 1. The van der Waals surface area contributed by atoms with Crippen molar-refractivity contribution < 1.29 is 14.3 Å². The van der Waals surface area contributed by atoms with E-state index in [0.717, 1.165) is 18.4 Å². The fourth-order valence-electron chi connectivity index (χ4n) is 2.28. The van der Waals surface area contributed by atoms with Crippen molar-refractivity contribution >= 4 is 22.8 Å². The maximum Gasteiger partial charge on any atom is 0.364 e. The zero-order valence-corrected chi connectivity index (χ0v) is 10.8. The monoisotopic (exact) mass is 270 g/mol. The van der Waals surface area contributed by atoms with Crippen molar-refractivity contribution in [1.29, 1.82) is 0 Å². The van der Waals surface area contributed by atoms with E-state index in [4.69, 9.17) is 4.74 Å². The van der Waals surface area contributed by atoms with E-state index >= 15 is 0 Å². The number of rotatable bonds is 2. The van der Waals surface area contributed by atoms with Gasteiger partial charge in [0.15, 0.2) is 0 Å². The second-order valence-corrected chi connectivity index (χ2v) is 4.75. The lowest BCUT2D eigenvalue weighted by Gasteiger charge is -2.08. The molecule has 1 fully saturated rings. The van der Waals surface area contributed by atoms with E-state index in [2.05, 4.69) is 10.3 Å². The minimum atomic E-state index is -0.700. The van der Waals surface area contributed by atoms with E-state index in [1.165, 1.54) is 0 Å². The van der Waals surface area contributed by atoms with E-state index in [1.54, 1.807) is 12.1 Å². The highest BCUT2D eigenvalue weighted by Crippen LogP contribution is 2.13. The number of benzene rings is 1. The summed E-state index contributed by atoms with van der Waals surface area (Å²) in [5, 5.41) is 3.93. The van der Waals surface area contributed by atoms with Gasteiger partial charge in [0, 0.05) is 5.39 Å². The number of para-hydroxylation sites is 1. The number of carbonyl (C=O) groups is 2. The quantitative estimate of drug-likeness (QED) is 0.664. The van der Waals surface area contributed by atoms with Crippen molar-refractivity contribution in [2.24, 2.45) is 0 Å². The molecule has 1 saturated heterocycles. The summed E-state index contributed by atoms with van der Waals surface area (Å²) in [4.78, 5) is 27.9. The van der Waals surface area contributed by atoms with Crippen LogP contribution in [0.1, 0.15) is 23.3 Å². The first-order valence-corrected chi connectivity index (χ1v) is 6.59. The van der Waals surface area contributed by atoms with Gasteiger partial charge >= 0.3 is 11.9 Å². The number of esters is 2. The summed E-state index contributed by atoms with van der Waals surface area (Å²) in [6.07, 6.45) is 1.62. The van der Waals surface area contributed by atoms with Gasteiger partial charge in [0.1, 0.15) is 11.7 Å². The van der Waals surface area contributed by atoms with E-state index in [1.807, 2.05) is 24.3 Å². The Labute approximate surface area is 116 Å². The Morgan fingerprint density at radius 3 is 2.85 bits per heavy atom. The summed E-state index contributed by atoms with van der Waals surface area (Å²) in [5.74, 6) is -1.23. The molecule has 5 nitrogen and oxygen atoms in total. The summed E-state index contributed by atoms with van der Waals surface area (Å²) in [7, 11) is 0. The van der Waals surface area contributed by atoms with Crippen molar-refractivity contribution in [3.8, 4) is 0 Å². The Morgan fingerprint density at radius 1 is 1.20 bits per heavy atom. The Morgan fingerprint density at radius 2 is 2.05 bits per heavy atom. The van der Waals surface area contributed by atoms with E-state index in [9.17, 15) is 9.59 Å². The van der Waals surface area contributed by atoms with Gasteiger partial charge < -0.3 is 10.1 Å². The van der Waals surface area contributed by atoms with Crippen LogP contribution in [0.3, 0.4) is 0 Å². The molecule has 0 unspecified atom stereocenters. The van der Waals surface area contributed by atoms with Crippen molar-refractivity contribution in [2.75, 3.05) is 6.54 Å². The molecular formula is C15H14N2O3. The van der Waals surface area contributed by atoms with E-state index < -0.39 is 11.9 Å². The number of hydrogen-bond donors (Lipinski definition) is 1. The van der Waals surface area contributed by atoms with Gasteiger partial charge in [-0.05, 0) is 31.5 Å². The molecule has 3 rings (SSSR count). The van der Waals surface area contributed by atoms with Crippen LogP contribution in [-0.2, 0) is 9.53 Å². The van der Waals surface area contributed by atoms with Gasteiger partial charge in [0.2, 0.25) is 0 Å². The first kappa shape index (κ1) is 12.7. The molecular weight excluding hydrogens is 256 g/mol. The van der Waals surface area contributed by atoms with Crippen molar-refractivity contribution in [2.45, 2.75) is 18.9 Å². The predicted molar refractivity (Wildman–Crippen MR) is 73.2 cm³/mol. The fraction of sp³-hybridized carbons (Fsp3) is 0.267. The van der Waals surface area contributed by atoms with Crippen LogP contribution in [-0.4, -0.2) is 29.5 Å². The maximum absolute atomic E-state index is 11.9. The molecule has 1 atom stereocenters. The second-order valence-electron chi connectivity index (χ2n) is 4.75. The summed E-state index contributed by atoms with van der Waals surface area (Å²) in [5.41, 5.74) is 0.850. The third-order valence-corrected chi connectivity index (χ3v) is 3.35. The molecule has 0 bridgehead atoms. The Bertz CT molecular complexity index is 663. The number of nitrogens with one attached hydrogen (secondary N) is 1. The summed E-state index contributed by atoms with van der Waals surface area (Å²) in [6, 6.07) is 10.4. The van der Waals surface area contributed by atoms with Crippen LogP contribution >= 0.6 is 0 Å². The van der Waals surface area contributed by atoms with Crippen molar-refractivity contribution in [1.82, 2.24) is 10.3 Å². The van der Waals surface area contributed by atoms with Crippen molar-refractivity contribution in [3.05, 3.63) is 42.1 Å². The number of ether oxygens (including phenoxy) is 1. The zero-order valence-electron chi connectivity index (χ0n) is 10.8. The molecule has 1 aliphatic rings. The van der Waals surface area contributed by atoms with Gasteiger partial charge in [-0.15, -0.1) is 0 Å². The first-order valence-electron chi connectivity index (χ1n) is 6.59. The molecule has 0 radical (unpaired) electrons. The SMILES string of the molecule is O=C(OC(=O)[C@@H]1CCCN1)c1ccc2ccccc2n1. The van der Waals surface area contributed by atoms with E-state index in [-0.39, 0.29) is 11.7 Å². The van der Waals surface area contributed by atoms with Crippen LogP contribution in [0.2, 0.25) is 0 Å². The molecule has 20 heavy (non-hydrogen) atoms. The van der Waals surface area contributed by atoms with Gasteiger partial charge in [-0.25, -0.2) is 14.6 Å². The van der Waals surface area contributed by atoms with Crippen LogP contribution in [0, 0.1) is 0 Å². The molecule has 0 amide bonds. The average Bonchev–Trinajstić information content (AvgIpc) is 3.01. The van der Waals surface area contributed by atoms with Gasteiger partial charge in [0.05, 0.1) is 5.52 Å². The number of pyridine rings is 1. The predicted octanol–water partition coefficient (Wildman–Crippen LogP) is 1.67. The Balaban J connectivity index is 1.76. The molecule has 2 heterocycles. The maximum atomic E-state index is 11.9. The molecule has 1 N–H and O–H groups in total. The molecule has 2 aromatic rings. The minimum Gasteiger partial charge on any atom is -0.387 e. The lowest BCUT2D eigenvalue weighted by Crippen LogP contribution is -2.34. The molecule has 0 saturated carbocycles. The van der Waals surface area contributed by atoms with Gasteiger partial charge in [-0.3, -0.25) is 0 Å². The smallest absolute Gasteiger partial charge is 0.364 e. The molecule has 1 aromatic heterocycles. The van der Waals surface area contributed by atoms with E-state index in [0.29, 0.717) is 11.9 Å². The zero-order chi connectivity index (χ0) is 13.9. The molecule has 0 spiro atoms. The largest absolute Gasteiger partial charge is 0.387 e. The topological polar surface area (TPSA) is 68.3 Å². The summed E-state index contributed by atoms with van der Waals surface area (Å²) >= 11 is 0. The van der Waals surface area contributed by atoms with Crippen LogP contribution < -0.4 is 5.32 Å². The number of nitrogens with zero attached hydrogens (tertiary/aromatic N) is 1. The molecule has 1 aromatic carbocycles. The Kier molecular flexibility index (Phi) is 3.43. The number of carbonyl (C=O) groups excluding carboxylic acids is 2. The molecule has 0 aliphatic carbocycles. The third-order valence-electron chi connectivity index (χ3n) is 3.35. The van der Waals surface area contributed by atoms with Gasteiger partial charge in [0.25, 0.3) is 0 Å². The molecule has 102 valence electrons. The highest BCUT2D eigenvalue weighted by Gasteiger charge is 2.26. The number of aromatic nitrogens is 1. The third kappa shape index (κ3) is 2.53. The molecule has 5 heteroatoms. The van der Waals surface area contributed by atoms with Crippen LogP contribution in [0.25, 0.3) is 10.9 Å². The highest BCUT2D eigenvalue weighted by atomic mass is 16.6. The van der Waals surface area contributed by atoms with Crippen LogP contribution in [0.15, 0.2) is 36.4 Å². The minimum absolute atomic E-state index is 0.148. The van der Waals surface area contributed by atoms with Gasteiger partial charge in [-0.2, -0.15) is 0 Å². The van der Waals surface area contributed by atoms with Crippen LogP contribution in [0.5, 0.6) is 0 Å². The standard InChI is InChI=1S/C15H14N2O3/c18-14(12-6-3-9-16-12)20-15(19)13-8-7-10-4-1-2-5-11(10)17-13/h1-2,4-5,7-8,12,16H,3,6,9H2/t12-/m0/s1. The highest BCUT2D eigenvalue weighted by molar-refractivity contribution is 5.98. The van der Waals surface area contributed by atoms with Crippen LogP contribution in [0.4, 0.5) is 0 Å². The molecule has 1 aliphatic heterocycles. The first-order chi connectivity index (χ1) is 9.74. The average molecular weight is 270 g/mol. The number of hydrogen-bond acceptors (Lipinski definition) is 5.